The third-order valence-electron chi connectivity index (χ3n) is 4.66. The fourth-order valence-electron chi connectivity index (χ4n) is 3.09. The SMILES string of the molecule is COc1ccc(-c2cc(NC(=O)CCc3nc(-c4cccs4)no3)ccc2OC)cc1. The molecular weight excluding hydrogens is 414 g/mol. The summed E-state index contributed by atoms with van der Waals surface area (Å²) in [6, 6.07) is 17.1. The summed E-state index contributed by atoms with van der Waals surface area (Å²) in [5.41, 5.74) is 2.52. The average Bonchev–Trinajstić information content (AvgIpc) is 3.50. The summed E-state index contributed by atoms with van der Waals surface area (Å²) in [5.74, 6) is 2.34. The van der Waals surface area contributed by atoms with Crippen molar-refractivity contribution in [1.82, 2.24) is 10.1 Å². The van der Waals surface area contributed by atoms with Crippen molar-refractivity contribution in [1.29, 1.82) is 0 Å². The van der Waals surface area contributed by atoms with Gasteiger partial charge in [0.1, 0.15) is 11.5 Å². The molecule has 0 aliphatic carbocycles. The molecule has 0 saturated heterocycles. The summed E-state index contributed by atoms with van der Waals surface area (Å²) in [6.45, 7) is 0. The average molecular weight is 436 g/mol. The molecule has 0 radical (unpaired) electrons. The zero-order valence-electron chi connectivity index (χ0n) is 17.1. The highest BCUT2D eigenvalue weighted by molar-refractivity contribution is 7.13. The number of amides is 1. The highest BCUT2D eigenvalue weighted by Crippen LogP contribution is 2.33. The number of anilines is 1. The number of rotatable bonds is 8. The van der Waals surface area contributed by atoms with E-state index in [9.17, 15) is 4.79 Å². The van der Waals surface area contributed by atoms with Gasteiger partial charge in [0.05, 0.1) is 19.1 Å². The fourth-order valence-corrected chi connectivity index (χ4v) is 3.74. The van der Waals surface area contributed by atoms with E-state index in [1.807, 2.05) is 60.0 Å². The molecular formula is C23H21N3O4S. The Bertz CT molecular complexity index is 1150. The van der Waals surface area contributed by atoms with E-state index in [1.54, 1.807) is 14.2 Å². The normalized spacial score (nSPS) is 10.6. The predicted molar refractivity (Wildman–Crippen MR) is 120 cm³/mol. The number of thiophene rings is 1. The number of ether oxygens (including phenoxy) is 2. The molecule has 1 N–H and O–H groups in total. The molecule has 0 aliphatic rings. The predicted octanol–water partition coefficient (Wildman–Crippen LogP) is 5.05. The lowest BCUT2D eigenvalue weighted by Crippen LogP contribution is -2.12. The second-order valence-electron chi connectivity index (χ2n) is 6.68. The van der Waals surface area contributed by atoms with Crippen molar-refractivity contribution in [3.8, 4) is 33.3 Å². The van der Waals surface area contributed by atoms with Crippen LogP contribution in [0.1, 0.15) is 12.3 Å². The van der Waals surface area contributed by atoms with Crippen LogP contribution in [-0.4, -0.2) is 30.3 Å². The molecule has 4 rings (SSSR count). The number of aryl methyl sites for hydroxylation is 1. The van der Waals surface area contributed by atoms with Crippen molar-refractivity contribution in [3.63, 3.8) is 0 Å². The van der Waals surface area contributed by atoms with Crippen LogP contribution < -0.4 is 14.8 Å². The third-order valence-corrected chi connectivity index (χ3v) is 5.53. The maximum atomic E-state index is 12.5. The Hall–Kier alpha value is -3.65. The molecule has 0 atom stereocenters. The van der Waals surface area contributed by atoms with Gasteiger partial charge in [-0.2, -0.15) is 4.98 Å². The maximum absolute atomic E-state index is 12.5. The van der Waals surface area contributed by atoms with Crippen molar-refractivity contribution < 1.29 is 18.8 Å². The van der Waals surface area contributed by atoms with E-state index < -0.39 is 0 Å². The Balaban J connectivity index is 1.42. The molecule has 0 unspecified atom stereocenters. The number of nitrogens with zero attached hydrogens (tertiary/aromatic N) is 2. The topological polar surface area (TPSA) is 86.5 Å². The van der Waals surface area contributed by atoms with E-state index in [0.717, 1.165) is 27.5 Å². The number of carbonyl (C=O) groups excluding carboxylic acids is 1. The Morgan fingerprint density at radius 2 is 1.94 bits per heavy atom. The minimum atomic E-state index is -0.137. The monoisotopic (exact) mass is 435 g/mol. The summed E-state index contributed by atoms with van der Waals surface area (Å²) < 4.78 is 16.0. The Kier molecular flexibility index (Phi) is 6.28. The van der Waals surface area contributed by atoms with E-state index in [1.165, 1.54) is 11.3 Å². The quantitative estimate of drug-likeness (QED) is 0.417. The highest BCUT2D eigenvalue weighted by Gasteiger charge is 2.13. The van der Waals surface area contributed by atoms with Crippen LogP contribution in [-0.2, 0) is 11.2 Å². The van der Waals surface area contributed by atoms with E-state index in [2.05, 4.69) is 15.5 Å². The molecule has 0 spiro atoms. The molecule has 7 nitrogen and oxygen atoms in total. The van der Waals surface area contributed by atoms with Crippen LogP contribution >= 0.6 is 11.3 Å². The number of hydrogen-bond acceptors (Lipinski definition) is 7. The lowest BCUT2D eigenvalue weighted by molar-refractivity contribution is -0.116. The third kappa shape index (κ3) is 4.92. The Labute approximate surface area is 183 Å². The lowest BCUT2D eigenvalue weighted by atomic mass is 10.0. The van der Waals surface area contributed by atoms with Crippen LogP contribution in [0.15, 0.2) is 64.5 Å². The highest BCUT2D eigenvalue weighted by atomic mass is 32.1. The molecule has 1 amide bonds. The van der Waals surface area contributed by atoms with E-state index >= 15 is 0 Å². The molecule has 0 bridgehead atoms. The van der Waals surface area contributed by atoms with Crippen LogP contribution in [0.3, 0.4) is 0 Å². The zero-order valence-corrected chi connectivity index (χ0v) is 17.9. The van der Waals surface area contributed by atoms with Gasteiger partial charge in [-0.05, 0) is 47.3 Å². The van der Waals surface area contributed by atoms with Crippen molar-refractivity contribution in [2.75, 3.05) is 19.5 Å². The minimum absolute atomic E-state index is 0.137. The molecule has 2 aromatic heterocycles. The van der Waals surface area contributed by atoms with Gasteiger partial charge in [-0.1, -0.05) is 23.4 Å². The number of methoxy groups -OCH3 is 2. The number of carbonyl (C=O) groups is 1. The first-order valence-corrected chi connectivity index (χ1v) is 10.5. The molecule has 2 heterocycles. The van der Waals surface area contributed by atoms with Crippen LogP contribution in [0.2, 0.25) is 0 Å². The molecule has 8 heteroatoms. The molecule has 4 aromatic rings. The van der Waals surface area contributed by atoms with Crippen molar-refractivity contribution in [2.24, 2.45) is 0 Å². The van der Waals surface area contributed by atoms with Crippen molar-refractivity contribution >= 4 is 22.9 Å². The number of nitrogens with one attached hydrogen (secondary N) is 1. The molecule has 0 saturated carbocycles. The van der Waals surface area contributed by atoms with Gasteiger partial charge in [0.2, 0.25) is 17.6 Å². The van der Waals surface area contributed by atoms with Crippen molar-refractivity contribution in [3.05, 3.63) is 65.9 Å². The number of aromatic nitrogens is 2. The number of hydrogen-bond donors (Lipinski definition) is 1. The largest absolute Gasteiger partial charge is 0.497 e. The molecule has 158 valence electrons. The van der Waals surface area contributed by atoms with Gasteiger partial charge in [-0.3, -0.25) is 4.79 Å². The van der Waals surface area contributed by atoms with Gasteiger partial charge in [0.15, 0.2) is 0 Å². The number of benzene rings is 2. The minimum Gasteiger partial charge on any atom is -0.497 e. The van der Waals surface area contributed by atoms with E-state index in [-0.39, 0.29) is 12.3 Å². The van der Waals surface area contributed by atoms with Crippen LogP contribution in [0, 0.1) is 0 Å². The summed E-state index contributed by atoms with van der Waals surface area (Å²) >= 11 is 1.54. The first kappa shape index (κ1) is 20.6. The van der Waals surface area contributed by atoms with Crippen LogP contribution in [0.25, 0.3) is 21.8 Å². The van der Waals surface area contributed by atoms with E-state index in [0.29, 0.717) is 23.8 Å². The first-order chi connectivity index (χ1) is 15.2. The summed E-state index contributed by atoms with van der Waals surface area (Å²) in [6.07, 6.45) is 0.599. The second kappa shape index (κ2) is 9.44. The smallest absolute Gasteiger partial charge is 0.227 e. The molecule has 0 aliphatic heterocycles. The van der Waals surface area contributed by atoms with Gasteiger partial charge in [0.25, 0.3) is 0 Å². The van der Waals surface area contributed by atoms with Gasteiger partial charge >= 0.3 is 0 Å². The first-order valence-electron chi connectivity index (χ1n) is 9.65. The van der Waals surface area contributed by atoms with E-state index in [4.69, 9.17) is 14.0 Å². The van der Waals surface area contributed by atoms with Crippen molar-refractivity contribution in [2.45, 2.75) is 12.8 Å². The summed E-state index contributed by atoms with van der Waals surface area (Å²) in [5, 5.41) is 8.84. The van der Waals surface area contributed by atoms with Gasteiger partial charge in [0, 0.05) is 24.1 Å². The van der Waals surface area contributed by atoms with Gasteiger partial charge < -0.3 is 19.3 Å². The Morgan fingerprint density at radius 3 is 2.65 bits per heavy atom. The van der Waals surface area contributed by atoms with Crippen LogP contribution in [0.4, 0.5) is 5.69 Å². The van der Waals surface area contributed by atoms with Gasteiger partial charge in [-0.25, -0.2) is 0 Å². The zero-order chi connectivity index (χ0) is 21.6. The van der Waals surface area contributed by atoms with Crippen LogP contribution in [0.5, 0.6) is 11.5 Å². The van der Waals surface area contributed by atoms with Gasteiger partial charge in [-0.15, -0.1) is 11.3 Å². The lowest BCUT2D eigenvalue weighted by Gasteiger charge is -2.12. The summed E-state index contributed by atoms with van der Waals surface area (Å²) in [4.78, 5) is 17.7. The molecule has 31 heavy (non-hydrogen) atoms. The summed E-state index contributed by atoms with van der Waals surface area (Å²) in [7, 11) is 3.25. The second-order valence-corrected chi connectivity index (χ2v) is 7.63. The maximum Gasteiger partial charge on any atom is 0.227 e. The molecule has 0 fully saturated rings. The standard InChI is InChI=1S/C23H21N3O4S/c1-28-17-8-5-15(6-9-17)18-14-16(7-10-19(18)29-2)24-21(27)11-12-22-25-23(26-30-22)20-4-3-13-31-20/h3-10,13-14H,11-12H2,1-2H3,(H,24,27). The fraction of sp³-hybridized carbons (Fsp3) is 0.174. The molecule has 2 aromatic carbocycles. The Morgan fingerprint density at radius 1 is 1.10 bits per heavy atom.